The van der Waals surface area contributed by atoms with Crippen LogP contribution < -0.4 is 5.73 Å². The number of nitrogen functional groups attached to an aromatic ring is 1. The zero-order valence-corrected chi connectivity index (χ0v) is 15.6. The number of nitrogens with zero attached hydrogens (tertiary/aromatic N) is 3. The molecule has 6 heteroatoms. The third kappa shape index (κ3) is 4.60. The molecule has 0 atom stereocenters. The highest BCUT2D eigenvalue weighted by molar-refractivity contribution is 5.95. The predicted molar refractivity (Wildman–Crippen MR) is 109 cm³/mol. The molecule has 1 fully saturated rings. The fraction of sp³-hybridized carbons (Fsp3) is 0.286. The summed E-state index contributed by atoms with van der Waals surface area (Å²) < 4.78 is 1.92. The normalized spacial score (nSPS) is 14.4. The van der Waals surface area contributed by atoms with Crippen LogP contribution in [-0.2, 0) is 0 Å². The molecule has 140 valence electrons. The number of benzene rings is 1. The number of piperidine rings is 1. The van der Waals surface area contributed by atoms with E-state index in [0.717, 1.165) is 23.0 Å². The van der Waals surface area contributed by atoms with Crippen molar-refractivity contribution in [1.29, 1.82) is 5.41 Å². The van der Waals surface area contributed by atoms with Gasteiger partial charge in [0, 0.05) is 34.6 Å². The standard InChI is InChI=1S/C15H12N4O.C6H13N/c16-14(17)11-1-3-13(4-2-11)19-6-5-12-7-10(9-20)8-18-15(12)19;1-7-5-3-2-4-6-7/h1-9H,(H3,16,17);2-6H2,1H3. The predicted octanol–water partition coefficient (Wildman–Crippen LogP) is 3.22. The van der Waals surface area contributed by atoms with Crippen LogP contribution in [0.3, 0.4) is 0 Å². The van der Waals surface area contributed by atoms with Gasteiger partial charge >= 0.3 is 0 Å². The van der Waals surface area contributed by atoms with E-state index in [1.807, 2.05) is 29.0 Å². The van der Waals surface area contributed by atoms with Crippen molar-refractivity contribution in [3.8, 4) is 5.69 Å². The van der Waals surface area contributed by atoms with Crippen molar-refractivity contribution in [2.45, 2.75) is 19.3 Å². The Balaban J connectivity index is 0.000000253. The van der Waals surface area contributed by atoms with E-state index in [9.17, 15) is 4.79 Å². The van der Waals surface area contributed by atoms with Gasteiger partial charge in [0.15, 0.2) is 6.29 Å². The van der Waals surface area contributed by atoms with Gasteiger partial charge in [-0.1, -0.05) is 6.42 Å². The van der Waals surface area contributed by atoms with Crippen LogP contribution in [-0.4, -0.2) is 46.7 Å². The highest BCUT2D eigenvalue weighted by Crippen LogP contribution is 2.19. The van der Waals surface area contributed by atoms with Crippen LogP contribution in [0.1, 0.15) is 35.2 Å². The van der Waals surface area contributed by atoms with E-state index in [1.54, 1.807) is 24.4 Å². The van der Waals surface area contributed by atoms with Gasteiger partial charge in [0.1, 0.15) is 11.5 Å². The third-order valence-electron chi connectivity index (χ3n) is 4.72. The van der Waals surface area contributed by atoms with Crippen molar-refractivity contribution in [1.82, 2.24) is 14.5 Å². The quantitative estimate of drug-likeness (QED) is 0.425. The van der Waals surface area contributed by atoms with E-state index >= 15 is 0 Å². The van der Waals surface area contributed by atoms with Crippen LogP contribution in [0.5, 0.6) is 0 Å². The first-order valence-corrected chi connectivity index (χ1v) is 9.14. The van der Waals surface area contributed by atoms with Crippen LogP contribution in [0.4, 0.5) is 0 Å². The number of aromatic nitrogens is 2. The van der Waals surface area contributed by atoms with Gasteiger partial charge in [0.25, 0.3) is 0 Å². The lowest BCUT2D eigenvalue weighted by Gasteiger charge is -2.20. The third-order valence-corrected chi connectivity index (χ3v) is 4.72. The largest absolute Gasteiger partial charge is 0.384 e. The van der Waals surface area contributed by atoms with E-state index in [1.165, 1.54) is 32.4 Å². The fourth-order valence-corrected chi connectivity index (χ4v) is 3.17. The zero-order valence-electron chi connectivity index (χ0n) is 15.6. The number of likely N-dealkylation sites (tertiary alicyclic amines) is 1. The Morgan fingerprint density at radius 1 is 1.15 bits per heavy atom. The summed E-state index contributed by atoms with van der Waals surface area (Å²) in [5.74, 6) is 0.0441. The number of carbonyl (C=O) groups excluding carboxylic acids is 1. The summed E-state index contributed by atoms with van der Waals surface area (Å²) in [4.78, 5) is 17.5. The minimum absolute atomic E-state index is 0.0441. The van der Waals surface area contributed by atoms with Crippen LogP contribution >= 0.6 is 0 Å². The molecule has 3 N–H and O–H groups in total. The molecule has 0 amide bonds. The Bertz CT molecular complexity index is 923. The summed E-state index contributed by atoms with van der Waals surface area (Å²) in [5.41, 5.74) is 8.39. The lowest BCUT2D eigenvalue weighted by Crippen LogP contribution is -2.24. The lowest BCUT2D eigenvalue weighted by molar-refractivity contribution is 0.112. The molecular formula is C21H25N5O. The van der Waals surface area contributed by atoms with Gasteiger partial charge in [-0.2, -0.15) is 0 Å². The van der Waals surface area contributed by atoms with E-state index in [4.69, 9.17) is 11.1 Å². The van der Waals surface area contributed by atoms with Crippen LogP contribution in [0.2, 0.25) is 0 Å². The Kier molecular flexibility index (Phi) is 5.98. The molecule has 4 rings (SSSR count). The first-order chi connectivity index (χ1) is 13.1. The van der Waals surface area contributed by atoms with Gasteiger partial charge in [-0.05, 0) is 69.4 Å². The molecule has 0 spiro atoms. The summed E-state index contributed by atoms with van der Waals surface area (Å²) >= 11 is 0. The average molecular weight is 363 g/mol. The molecule has 3 aromatic rings. The Labute approximate surface area is 159 Å². The Hall–Kier alpha value is -2.99. The lowest BCUT2D eigenvalue weighted by atomic mass is 10.1. The number of amidine groups is 1. The summed E-state index contributed by atoms with van der Waals surface area (Å²) in [6, 6.07) is 11.1. The Morgan fingerprint density at radius 2 is 1.85 bits per heavy atom. The number of rotatable bonds is 3. The second kappa shape index (κ2) is 8.60. The molecule has 0 unspecified atom stereocenters. The van der Waals surface area contributed by atoms with E-state index in [-0.39, 0.29) is 5.84 Å². The highest BCUT2D eigenvalue weighted by Gasteiger charge is 2.06. The second-order valence-corrected chi connectivity index (χ2v) is 6.81. The summed E-state index contributed by atoms with van der Waals surface area (Å²) in [7, 11) is 2.19. The van der Waals surface area contributed by atoms with Gasteiger partial charge in [-0.15, -0.1) is 0 Å². The van der Waals surface area contributed by atoms with Crippen molar-refractivity contribution in [3.05, 3.63) is 59.9 Å². The summed E-state index contributed by atoms with van der Waals surface area (Å²) in [6.45, 7) is 2.64. The molecule has 1 aromatic carbocycles. The Morgan fingerprint density at radius 3 is 2.41 bits per heavy atom. The van der Waals surface area contributed by atoms with Gasteiger partial charge < -0.3 is 15.2 Å². The van der Waals surface area contributed by atoms with Crippen molar-refractivity contribution in [2.75, 3.05) is 20.1 Å². The molecule has 1 aliphatic heterocycles. The van der Waals surface area contributed by atoms with Gasteiger partial charge in [0.2, 0.25) is 0 Å². The first-order valence-electron chi connectivity index (χ1n) is 9.14. The molecule has 6 nitrogen and oxygen atoms in total. The number of hydrogen-bond acceptors (Lipinski definition) is 4. The smallest absolute Gasteiger partial charge is 0.151 e. The van der Waals surface area contributed by atoms with E-state index < -0.39 is 0 Å². The number of nitrogens with one attached hydrogen (secondary N) is 1. The molecule has 1 aliphatic rings. The minimum Gasteiger partial charge on any atom is -0.384 e. The maximum Gasteiger partial charge on any atom is 0.151 e. The number of fused-ring (bicyclic) bond motifs is 1. The molecule has 0 radical (unpaired) electrons. The summed E-state index contributed by atoms with van der Waals surface area (Å²) in [5, 5.41) is 8.29. The van der Waals surface area contributed by atoms with Crippen LogP contribution in [0.15, 0.2) is 48.8 Å². The molecule has 0 bridgehead atoms. The molecule has 1 saturated heterocycles. The second-order valence-electron chi connectivity index (χ2n) is 6.81. The first kappa shape index (κ1) is 18.8. The number of nitrogens with two attached hydrogens (primary N) is 1. The number of aldehydes is 1. The molecule has 3 heterocycles. The zero-order chi connectivity index (χ0) is 19.2. The number of pyridine rings is 1. The number of hydrogen-bond donors (Lipinski definition) is 2. The van der Waals surface area contributed by atoms with Crippen LogP contribution in [0.25, 0.3) is 16.7 Å². The monoisotopic (exact) mass is 363 g/mol. The van der Waals surface area contributed by atoms with Gasteiger partial charge in [-0.25, -0.2) is 4.98 Å². The van der Waals surface area contributed by atoms with Crippen molar-refractivity contribution in [2.24, 2.45) is 5.73 Å². The van der Waals surface area contributed by atoms with Gasteiger partial charge in [0.05, 0.1) is 0 Å². The van der Waals surface area contributed by atoms with Gasteiger partial charge in [-0.3, -0.25) is 10.2 Å². The topological polar surface area (TPSA) is 88.0 Å². The molecule has 27 heavy (non-hydrogen) atoms. The van der Waals surface area contributed by atoms with E-state index in [2.05, 4.69) is 16.9 Å². The van der Waals surface area contributed by atoms with Crippen LogP contribution in [0, 0.1) is 5.41 Å². The molecule has 0 saturated carbocycles. The van der Waals surface area contributed by atoms with Crippen molar-refractivity contribution in [3.63, 3.8) is 0 Å². The van der Waals surface area contributed by atoms with Crippen molar-refractivity contribution >= 4 is 23.2 Å². The molecule has 2 aromatic heterocycles. The van der Waals surface area contributed by atoms with Crippen molar-refractivity contribution < 1.29 is 4.79 Å². The minimum atomic E-state index is 0.0441. The SMILES string of the molecule is CN1CCCCC1.N=C(N)c1ccc(-n2ccc3cc(C=O)cnc32)cc1. The number of carbonyl (C=O) groups is 1. The molecular weight excluding hydrogens is 338 g/mol. The average Bonchev–Trinajstić information content (AvgIpc) is 3.12. The highest BCUT2D eigenvalue weighted by atomic mass is 16.1. The maximum atomic E-state index is 10.7. The summed E-state index contributed by atoms with van der Waals surface area (Å²) in [6.07, 6.45) is 8.51. The maximum absolute atomic E-state index is 10.7. The molecule has 0 aliphatic carbocycles. The van der Waals surface area contributed by atoms with E-state index in [0.29, 0.717) is 11.1 Å². The fourth-order valence-electron chi connectivity index (χ4n) is 3.17.